The van der Waals surface area contributed by atoms with Gasteiger partial charge >= 0.3 is 19.9 Å². The fraction of sp³-hybridized carbons (Fsp3) is 0.545. The number of benzene rings is 3. The van der Waals surface area contributed by atoms with Crippen molar-refractivity contribution in [1.82, 2.24) is 5.32 Å². The van der Waals surface area contributed by atoms with Gasteiger partial charge in [0.15, 0.2) is 12.4 Å². The van der Waals surface area contributed by atoms with Crippen LogP contribution in [-0.4, -0.2) is 64.8 Å². The quantitative estimate of drug-likeness (QED) is 0.0326. The second-order valence-corrected chi connectivity index (χ2v) is 18.8. The maximum atomic E-state index is 14.8. The minimum Gasteiger partial charge on any atom is -0.457 e. The highest BCUT2D eigenvalue weighted by Crippen LogP contribution is 2.54. The minimum atomic E-state index is -4.60. The van der Waals surface area contributed by atoms with Crippen molar-refractivity contribution in [3.05, 3.63) is 108 Å². The number of aliphatic hydroxyl groups excluding tert-OH is 1. The molecule has 332 valence electrons. The van der Waals surface area contributed by atoms with Crippen molar-refractivity contribution in [2.45, 2.75) is 138 Å². The Hall–Kier alpha value is -2.74. The molecular formula is C44H59Cl3NO11P. The van der Waals surface area contributed by atoms with Gasteiger partial charge in [-0.25, -0.2) is 9.36 Å². The fourth-order valence-electron chi connectivity index (χ4n) is 6.51. The van der Waals surface area contributed by atoms with Crippen LogP contribution in [0.4, 0.5) is 4.79 Å². The average molecular weight is 915 g/mol. The van der Waals surface area contributed by atoms with Crippen LogP contribution < -0.4 is 5.32 Å². The molecule has 0 unspecified atom stereocenters. The van der Waals surface area contributed by atoms with Gasteiger partial charge in [-0.15, -0.1) is 0 Å². The van der Waals surface area contributed by atoms with E-state index in [2.05, 4.69) is 12.2 Å². The van der Waals surface area contributed by atoms with E-state index in [1.54, 1.807) is 48.5 Å². The van der Waals surface area contributed by atoms with Crippen LogP contribution in [0, 0.1) is 0 Å². The molecular weight excluding hydrogens is 856 g/mol. The number of alkyl halides is 3. The van der Waals surface area contributed by atoms with E-state index in [9.17, 15) is 19.3 Å². The first-order valence-electron chi connectivity index (χ1n) is 20.7. The first kappa shape index (κ1) is 49.9. The number of amides is 1. The Bertz CT molecular complexity index is 1640. The van der Waals surface area contributed by atoms with E-state index in [1.807, 2.05) is 42.5 Å². The Kier molecular flexibility index (Phi) is 22.7. The van der Waals surface area contributed by atoms with Crippen LogP contribution >= 0.6 is 42.6 Å². The molecule has 0 radical (unpaired) electrons. The summed E-state index contributed by atoms with van der Waals surface area (Å²) < 4.78 is 54.2. The maximum Gasteiger partial charge on any atom is 0.475 e. The predicted octanol–water partition coefficient (Wildman–Crippen LogP) is 10.9. The number of carbonyl (C=O) groups excluding carboxylic acids is 2. The second kappa shape index (κ2) is 27.3. The number of esters is 1. The molecule has 0 bridgehead atoms. The molecule has 2 N–H and O–H groups in total. The lowest BCUT2D eigenvalue weighted by molar-refractivity contribution is -0.259. The highest BCUT2D eigenvalue weighted by Gasteiger charge is 2.52. The highest BCUT2D eigenvalue weighted by molar-refractivity contribution is 7.48. The molecule has 3 aromatic carbocycles. The number of aliphatic hydroxyl groups is 1. The van der Waals surface area contributed by atoms with Crippen LogP contribution in [0.3, 0.4) is 0 Å². The Morgan fingerprint density at radius 2 is 1.20 bits per heavy atom. The number of carbonyl (C=O) groups is 2. The molecule has 5 atom stereocenters. The number of unbranched alkanes of at least 4 members (excludes halogenated alkanes) is 10. The van der Waals surface area contributed by atoms with E-state index in [4.69, 9.17) is 67.3 Å². The molecule has 0 spiro atoms. The van der Waals surface area contributed by atoms with Crippen LogP contribution in [0.1, 0.15) is 101 Å². The van der Waals surface area contributed by atoms with Gasteiger partial charge in [0.2, 0.25) is 3.79 Å². The molecule has 3 aromatic rings. The van der Waals surface area contributed by atoms with Crippen molar-refractivity contribution in [2.75, 3.05) is 13.2 Å². The lowest BCUT2D eigenvalue weighted by Crippen LogP contribution is -2.66. The zero-order valence-electron chi connectivity index (χ0n) is 34.2. The number of halogens is 3. The summed E-state index contributed by atoms with van der Waals surface area (Å²) in [7, 11) is -4.60. The largest absolute Gasteiger partial charge is 0.475 e. The SMILES string of the molecule is CCCCCCCCCCCCCC(=O)O[C@@H]1[C@@H](NC(=O)OCC(Cl)(Cl)Cl)[C@@H](O)O[C@H](COCc2ccccc2)[C@H]1OP(=O)(OCc1ccccc1)OCc1ccccc1. The Labute approximate surface area is 369 Å². The van der Waals surface area contributed by atoms with Crippen molar-refractivity contribution >= 4 is 54.7 Å². The van der Waals surface area contributed by atoms with Crippen molar-refractivity contribution in [2.24, 2.45) is 0 Å². The van der Waals surface area contributed by atoms with Gasteiger partial charge in [0.1, 0.15) is 24.9 Å². The van der Waals surface area contributed by atoms with Gasteiger partial charge < -0.3 is 29.4 Å². The molecule has 1 aliphatic heterocycles. The van der Waals surface area contributed by atoms with E-state index in [-0.39, 0.29) is 32.8 Å². The van der Waals surface area contributed by atoms with Crippen LogP contribution in [0.2, 0.25) is 0 Å². The molecule has 16 heteroatoms. The molecule has 1 aliphatic rings. The second-order valence-electron chi connectivity index (χ2n) is 14.7. The number of alkyl carbamates (subject to hydrolysis) is 1. The number of hydrogen-bond acceptors (Lipinski definition) is 11. The Balaban J connectivity index is 1.57. The molecule has 1 saturated heterocycles. The molecule has 12 nitrogen and oxygen atoms in total. The number of phosphoric ester groups is 1. The third-order valence-corrected chi connectivity index (χ3v) is 11.4. The van der Waals surface area contributed by atoms with Gasteiger partial charge in [-0.1, -0.05) is 197 Å². The van der Waals surface area contributed by atoms with Gasteiger partial charge in [0.25, 0.3) is 0 Å². The van der Waals surface area contributed by atoms with Gasteiger partial charge in [-0.2, -0.15) is 0 Å². The van der Waals surface area contributed by atoms with E-state index in [1.165, 1.54) is 38.5 Å². The standard InChI is InChI=1S/C44H59Cl3NO11P/c1-2-3-4-5-6-7-8-9-10-11-21-28-38(49)58-41-39(48-43(51)54-33-44(45,46)47)42(50)57-37(32-53-29-34-22-15-12-16-23-34)40(41)59-60(52,55-30-35-24-17-13-18-25-35)56-31-36-26-19-14-20-27-36/h12-20,22-27,37,39-42,50H,2-11,21,28-33H2,1H3,(H,48,51)/t37-,39-,40-,41-,42+/m1/s1. The summed E-state index contributed by atoms with van der Waals surface area (Å²) in [5.41, 5.74) is 2.20. The summed E-state index contributed by atoms with van der Waals surface area (Å²) in [6, 6.07) is 25.8. The van der Waals surface area contributed by atoms with Crippen LogP contribution in [0.5, 0.6) is 0 Å². The summed E-state index contributed by atoms with van der Waals surface area (Å²) in [6.45, 7) is 1.14. The minimum absolute atomic E-state index is 0.0312. The van der Waals surface area contributed by atoms with E-state index in [0.717, 1.165) is 31.2 Å². The molecule has 4 rings (SSSR count). The van der Waals surface area contributed by atoms with E-state index < -0.39 is 60.9 Å². The number of phosphoric acid groups is 1. The zero-order valence-corrected chi connectivity index (χ0v) is 37.3. The van der Waals surface area contributed by atoms with Crippen LogP contribution in [0.15, 0.2) is 91.0 Å². The summed E-state index contributed by atoms with van der Waals surface area (Å²) in [5, 5.41) is 13.9. The lowest BCUT2D eigenvalue weighted by Gasteiger charge is -2.44. The Morgan fingerprint density at radius 3 is 1.70 bits per heavy atom. The topological polar surface area (TPSA) is 148 Å². The van der Waals surface area contributed by atoms with Gasteiger partial charge in [-0.05, 0) is 23.1 Å². The molecule has 0 aliphatic carbocycles. The summed E-state index contributed by atoms with van der Waals surface area (Å²) >= 11 is 17.4. The molecule has 60 heavy (non-hydrogen) atoms. The van der Waals surface area contributed by atoms with Crippen LogP contribution in [-0.2, 0) is 61.7 Å². The zero-order chi connectivity index (χ0) is 43.1. The summed E-state index contributed by atoms with van der Waals surface area (Å²) in [5.74, 6) is -0.644. The highest BCUT2D eigenvalue weighted by atomic mass is 35.6. The van der Waals surface area contributed by atoms with Crippen molar-refractivity contribution in [3.8, 4) is 0 Å². The number of rotatable bonds is 27. The van der Waals surface area contributed by atoms with Gasteiger partial charge in [0, 0.05) is 6.42 Å². The first-order valence-corrected chi connectivity index (χ1v) is 23.3. The monoisotopic (exact) mass is 913 g/mol. The normalized spacial score (nSPS) is 19.4. The third kappa shape index (κ3) is 19.5. The first-order chi connectivity index (χ1) is 28.9. The smallest absolute Gasteiger partial charge is 0.457 e. The van der Waals surface area contributed by atoms with Crippen molar-refractivity contribution in [1.29, 1.82) is 0 Å². The molecule has 1 amide bonds. The van der Waals surface area contributed by atoms with E-state index >= 15 is 0 Å². The Morgan fingerprint density at radius 1 is 0.717 bits per heavy atom. The third-order valence-electron chi connectivity index (χ3n) is 9.68. The fourth-order valence-corrected chi connectivity index (χ4v) is 8.04. The van der Waals surface area contributed by atoms with Gasteiger partial charge in [0.05, 0.1) is 26.4 Å². The number of nitrogens with one attached hydrogen (secondary N) is 1. The lowest BCUT2D eigenvalue weighted by atomic mass is 9.96. The molecule has 0 aromatic heterocycles. The molecule has 0 saturated carbocycles. The predicted molar refractivity (Wildman–Crippen MR) is 231 cm³/mol. The number of ether oxygens (including phenoxy) is 4. The molecule has 1 heterocycles. The van der Waals surface area contributed by atoms with E-state index in [0.29, 0.717) is 17.5 Å². The van der Waals surface area contributed by atoms with Crippen molar-refractivity contribution < 1.29 is 51.8 Å². The summed E-state index contributed by atoms with van der Waals surface area (Å²) in [6.07, 6.45) is 4.84. The van der Waals surface area contributed by atoms with Gasteiger partial charge in [-0.3, -0.25) is 18.4 Å². The number of hydrogen-bond donors (Lipinski definition) is 2. The maximum absolute atomic E-state index is 14.8. The van der Waals surface area contributed by atoms with Crippen LogP contribution in [0.25, 0.3) is 0 Å². The summed E-state index contributed by atoms with van der Waals surface area (Å²) in [4.78, 5) is 26.7. The molecule has 1 fully saturated rings. The van der Waals surface area contributed by atoms with Crippen molar-refractivity contribution in [3.63, 3.8) is 0 Å². The average Bonchev–Trinajstić information content (AvgIpc) is 3.24.